The summed E-state index contributed by atoms with van der Waals surface area (Å²) < 4.78 is 7.54. The monoisotopic (exact) mass is 484 g/mol. The van der Waals surface area contributed by atoms with Gasteiger partial charge in [-0.05, 0) is 30.3 Å². The minimum atomic E-state index is -0.501. The van der Waals surface area contributed by atoms with E-state index in [9.17, 15) is 9.59 Å². The molecule has 0 saturated heterocycles. The van der Waals surface area contributed by atoms with Gasteiger partial charge in [0.25, 0.3) is 5.91 Å². The first-order valence-electron chi connectivity index (χ1n) is 9.69. The molecule has 0 atom stereocenters. The summed E-state index contributed by atoms with van der Waals surface area (Å²) in [6.45, 7) is 0. The Labute approximate surface area is 198 Å². The van der Waals surface area contributed by atoms with Gasteiger partial charge in [0.1, 0.15) is 17.2 Å². The van der Waals surface area contributed by atoms with E-state index < -0.39 is 6.03 Å². The topological polar surface area (TPSA) is 110 Å². The molecule has 0 aliphatic heterocycles. The summed E-state index contributed by atoms with van der Waals surface area (Å²) >= 11 is 12.5. The highest BCUT2D eigenvalue weighted by Gasteiger charge is 2.14. The Hall–Kier alpha value is -3.82. The molecule has 0 unspecified atom stereocenters. The number of rotatable bonds is 5. The molecule has 0 aliphatic carbocycles. The lowest BCUT2D eigenvalue weighted by molar-refractivity contribution is 0.0958. The lowest BCUT2D eigenvalue weighted by atomic mass is 10.2. The van der Waals surface area contributed by atoms with Gasteiger partial charge in [-0.25, -0.2) is 4.79 Å². The van der Waals surface area contributed by atoms with Crippen LogP contribution in [-0.2, 0) is 7.05 Å². The van der Waals surface area contributed by atoms with Crippen molar-refractivity contribution in [3.63, 3.8) is 0 Å². The van der Waals surface area contributed by atoms with Crippen molar-refractivity contribution >= 4 is 57.4 Å². The lowest BCUT2D eigenvalue weighted by Crippen LogP contribution is -2.19. The maximum absolute atomic E-state index is 12.6. The number of nitrogens with zero attached hydrogens (tertiary/aromatic N) is 3. The fourth-order valence-electron chi connectivity index (χ4n) is 3.08. The third-order valence-corrected chi connectivity index (χ3v) is 5.30. The van der Waals surface area contributed by atoms with E-state index in [1.54, 1.807) is 23.0 Å². The molecule has 3 amide bonds. The molecular formula is C22H18Cl2N6O3. The van der Waals surface area contributed by atoms with Gasteiger partial charge in [-0.3, -0.25) is 14.5 Å². The quantitative estimate of drug-likeness (QED) is 0.366. The first-order chi connectivity index (χ1) is 15.8. The molecule has 2 aromatic carbocycles. The normalized spacial score (nSPS) is 10.7. The summed E-state index contributed by atoms with van der Waals surface area (Å²) in [6.07, 6.45) is 3.15. The summed E-state index contributed by atoms with van der Waals surface area (Å²) in [4.78, 5) is 28.3. The zero-order valence-electron chi connectivity index (χ0n) is 17.5. The highest BCUT2D eigenvalue weighted by molar-refractivity contribution is 6.37. The van der Waals surface area contributed by atoms with Gasteiger partial charge in [0.2, 0.25) is 0 Å². The first kappa shape index (κ1) is 22.4. The summed E-state index contributed by atoms with van der Waals surface area (Å²) in [5.41, 5.74) is 2.01. The van der Waals surface area contributed by atoms with Crippen LogP contribution in [0.25, 0.3) is 10.9 Å². The van der Waals surface area contributed by atoms with Crippen molar-refractivity contribution in [3.8, 4) is 11.5 Å². The Morgan fingerprint density at radius 2 is 1.85 bits per heavy atom. The molecule has 2 aromatic heterocycles. The van der Waals surface area contributed by atoms with Crippen LogP contribution in [0.4, 0.5) is 16.2 Å². The van der Waals surface area contributed by atoms with Crippen LogP contribution in [0.2, 0.25) is 10.0 Å². The van der Waals surface area contributed by atoms with Crippen LogP contribution >= 0.6 is 23.2 Å². The number of aromatic nitrogens is 3. The molecule has 168 valence electrons. The molecule has 9 nitrogen and oxygen atoms in total. The van der Waals surface area contributed by atoms with E-state index in [1.165, 1.54) is 31.4 Å². The van der Waals surface area contributed by atoms with E-state index in [0.29, 0.717) is 11.4 Å². The highest BCUT2D eigenvalue weighted by Crippen LogP contribution is 2.37. The first-order valence-corrected chi connectivity index (χ1v) is 10.4. The molecular weight excluding hydrogens is 467 g/mol. The van der Waals surface area contributed by atoms with Gasteiger partial charge in [-0.2, -0.15) is 5.10 Å². The number of benzene rings is 2. The number of carbonyl (C=O) groups is 2. The molecule has 3 N–H and O–H groups in total. The number of amides is 3. The fourth-order valence-corrected chi connectivity index (χ4v) is 3.55. The Morgan fingerprint density at radius 3 is 2.64 bits per heavy atom. The van der Waals surface area contributed by atoms with Gasteiger partial charge < -0.3 is 20.7 Å². The smallest absolute Gasteiger partial charge is 0.323 e. The molecule has 0 aliphatic rings. The van der Waals surface area contributed by atoms with Crippen molar-refractivity contribution in [1.82, 2.24) is 20.1 Å². The SMILES string of the molecule is CNC(=O)c1cc(Oc2cc(NC(=O)Nc3ccc4c(cnn4C)c3)c(Cl)cc2Cl)ccn1. The van der Waals surface area contributed by atoms with E-state index >= 15 is 0 Å². The van der Waals surface area contributed by atoms with Gasteiger partial charge in [-0.15, -0.1) is 0 Å². The largest absolute Gasteiger partial charge is 0.456 e. The number of hydrogen-bond donors (Lipinski definition) is 3. The maximum Gasteiger partial charge on any atom is 0.323 e. The minimum Gasteiger partial charge on any atom is -0.456 e. The van der Waals surface area contributed by atoms with Crippen LogP contribution in [0.15, 0.2) is 54.9 Å². The molecule has 0 radical (unpaired) electrons. The predicted molar refractivity (Wildman–Crippen MR) is 128 cm³/mol. The zero-order valence-corrected chi connectivity index (χ0v) is 19.0. The summed E-state index contributed by atoms with van der Waals surface area (Å²) in [6, 6.07) is 10.9. The van der Waals surface area contributed by atoms with Crippen molar-refractivity contribution in [2.45, 2.75) is 0 Å². The van der Waals surface area contributed by atoms with E-state index in [2.05, 4.69) is 26.0 Å². The molecule has 0 saturated carbocycles. The number of nitrogens with one attached hydrogen (secondary N) is 3. The lowest BCUT2D eigenvalue weighted by Gasteiger charge is -2.13. The summed E-state index contributed by atoms with van der Waals surface area (Å²) in [5, 5.41) is 13.5. The molecule has 11 heteroatoms. The van der Waals surface area contributed by atoms with E-state index in [1.807, 2.05) is 19.2 Å². The van der Waals surface area contributed by atoms with Crippen LogP contribution in [-0.4, -0.2) is 33.8 Å². The molecule has 0 fully saturated rings. The van der Waals surface area contributed by atoms with Crippen LogP contribution in [0.1, 0.15) is 10.5 Å². The predicted octanol–water partition coefficient (Wildman–Crippen LogP) is 5.07. The molecule has 2 heterocycles. The second-order valence-corrected chi connectivity index (χ2v) is 7.76. The van der Waals surface area contributed by atoms with Gasteiger partial charge in [-0.1, -0.05) is 23.2 Å². The minimum absolute atomic E-state index is 0.184. The molecule has 0 spiro atoms. The van der Waals surface area contributed by atoms with Gasteiger partial charge in [0.15, 0.2) is 0 Å². The number of halogens is 2. The number of hydrogen-bond acceptors (Lipinski definition) is 5. The highest BCUT2D eigenvalue weighted by atomic mass is 35.5. The third kappa shape index (κ3) is 5.00. The second kappa shape index (κ2) is 9.35. The summed E-state index contributed by atoms with van der Waals surface area (Å²) in [5.74, 6) is 0.223. The van der Waals surface area contributed by atoms with E-state index in [-0.39, 0.29) is 33.1 Å². The second-order valence-electron chi connectivity index (χ2n) is 6.94. The third-order valence-electron chi connectivity index (χ3n) is 4.69. The standard InChI is InChI=1S/C22H18Cl2N6O3/c1-25-21(31)18-8-14(5-6-26-18)33-20-10-17(15(23)9-16(20)24)29-22(32)28-13-3-4-19-12(7-13)11-27-30(19)2/h3-11H,1-2H3,(H,25,31)(H2,28,29,32). The van der Waals surface area contributed by atoms with Crippen molar-refractivity contribution in [1.29, 1.82) is 0 Å². The number of fused-ring (bicyclic) bond motifs is 1. The summed E-state index contributed by atoms with van der Waals surface area (Å²) in [7, 11) is 3.35. The molecule has 33 heavy (non-hydrogen) atoms. The Kier molecular flexibility index (Phi) is 6.34. The molecule has 0 bridgehead atoms. The van der Waals surface area contributed by atoms with Crippen molar-refractivity contribution in [2.75, 3.05) is 17.7 Å². The van der Waals surface area contributed by atoms with E-state index in [4.69, 9.17) is 27.9 Å². The van der Waals surface area contributed by atoms with Gasteiger partial charge in [0.05, 0.1) is 27.4 Å². The fraction of sp³-hybridized carbons (Fsp3) is 0.0909. The van der Waals surface area contributed by atoms with Crippen LogP contribution in [0.3, 0.4) is 0 Å². The van der Waals surface area contributed by atoms with Crippen molar-refractivity contribution in [2.24, 2.45) is 7.05 Å². The number of aryl methyl sites for hydroxylation is 1. The number of carbonyl (C=O) groups excluding carboxylic acids is 2. The average Bonchev–Trinajstić information content (AvgIpc) is 3.16. The Morgan fingerprint density at radius 1 is 1.03 bits per heavy atom. The van der Waals surface area contributed by atoms with Crippen LogP contribution in [0.5, 0.6) is 11.5 Å². The van der Waals surface area contributed by atoms with Crippen molar-refractivity contribution in [3.05, 3.63) is 70.6 Å². The number of anilines is 2. The van der Waals surface area contributed by atoms with Gasteiger partial charge >= 0.3 is 6.03 Å². The molecule has 4 rings (SSSR count). The average molecular weight is 485 g/mol. The van der Waals surface area contributed by atoms with Crippen LogP contribution in [0, 0.1) is 0 Å². The number of pyridine rings is 1. The molecule has 4 aromatic rings. The number of urea groups is 1. The van der Waals surface area contributed by atoms with Gasteiger partial charge in [0, 0.05) is 43.5 Å². The van der Waals surface area contributed by atoms with E-state index in [0.717, 1.165) is 10.9 Å². The van der Waals surface area contributed by atoms with Crippen LogP contribution < -0.4 is 20.7 Å². The maximum atomic E-state index is 12.6. The number of ether oxygens (including phenoxy) is 1. The Bertz CT molecular complexity index is 1370. The zero-order chi connectivity index (χ0) is 23.5. The Balaban J connectivity index is 1.51. The van der Waals surface area contributed by atoms with Crippen molar-refractivity contribution < 1.29 is 14.3 Å².